The zero-order valence-electron chi connectivity index (χ0n) is 17.0. The lowest BCUT2D eigenvalue weighted by Crippen LogP contribution is -2.40. The molecule has 6 rings (SSSR count). The number of allylic oxidation sites excluding steroid dienone is 3. The highest BCUT2D eigenvalue weighted by atomic mass is 32.1. The number of ketones is 1. The third-order valence-electron chi connectivity index (χ3n) is 6.32. The number of anilines is 1. The minimum absolute atomic E-state index is 0.0397. The Morgan fingerprint density at radius 3 is 2.78 bits per heavy atom. The molecule has 0 amide bonds. The molecule has 1 aliphatic carbocycles. The lowest BCUT2D eigenvalue weighted by molar-refractivity contribution is -0.116. The van der Waals surface area contributed by atoms with Crippen LogP contribution in [0.1, 0.15) is 40.9 Å². The maximum Gasteiger partial charge on any atom is 0.162 e. The molecule has 6 nitrogen and oxygen atoms in total. The Balaban J connectivity index is 1.63. The first-order valence-corrected chi connectivity index (χ1v) is 11.3. The summed E-state index contributed by atoms with van der Waals surface area (Å²) < 4.78 is 5.66. The van der Waals surface area contributed by atoms with Crippen molar-refractivity contribution in [2.24, 2.45) is 10.7 Å². The van der Waals surface area contributed by atoms with Gasteiger partial charge in [0.2, 0.25) is 0 Å². The number of furan rings is 1. The summed E-state index contributed by atoms with van der Waals surface area (Å²) in [6, 6.07) is 17.8. The summed E-state index contributed by atoms with van der Waals surface area (Å²) in [5.74, 6) is 1.21. The van der Waals surface area contributed by atoms with Gasteiger partial charge in [-0.15, -0.1) is 11.3 Å². The first kappa shape index (κ1) is 18.8. The molecule has 2 atom stereocenters. The average Bonchev–Trinajstić information content (AvgIpc) is 3.52. The molecule has 2 aromatic heterocycles. The number of nitriles is 1. The Hall–Kier alpha value is -3.89. The molecule has 32 heavy (non-hydrogen) atoms. The number of aliphatic imine (C=N–C) groups is 1. The van der Waals surface area contributed by atoms with Gasteiger partial charge in [-0.25, -0.2) is 4.99 Å². The zero-order chi connectivity index (χ0) is 21.8. The topological polar surface area (TPSA) is 95.6 Å². The summed E-state index contributed by atoms with van der Waals surface area (Å²) in [4.78, 5) is 21.2. The largest absolute Gasteiger partial charge is 0.469 e. The normalized spacial score (nSPS) is 22.2. The molecule has 0 bridgehead atoms. The molecule has 0 saturated heterocycles. The van der Waals surface area contributed by atoms with Gasteiger partial charge in [-0.1, -0.05) is 18.2 Å². The molecule has 2 N–H and O–H groups in total. The van der Waals surface area contributed by atoms with Crippen molar-refractivity contribution in [3.63, 3.8) is 0 Å². The summed E-state index contributed by atoms with van der Waals surface area (Å²) in [7, 11) is 0. The molecule has 0 saturated carbocycles. The number of rotatable bonds is 2. The molecule has 156 valence electrons. The van der Waals surface area contributed by atoms with Crippen LogP contribution in [0, 0.1) is 11.3 Å². The Morgan fingerprint density at radius 1 is 1.16 bits per heavy atom. The molecule has 0 fully saturated rings. The summed E-state index contributed by atoms with van der Waals surface area (Å²) in [6.45, 7) is 0. The Kier molecular flexibility index (Phi) is 4.17. The van der Waals surface area contributed by atoms with Crippen LogP contribution in [0.4, 0.5) is 5.69 Å². The average molecular weight is 439 g/mol. The molecule has 2 aliphatic heterocycles. The van der Waals surface area contributed by atoms with Crippen LogP contribution in [0.3, 0.4) is 0 Å². The smallest absolute Gasteiger partial charge is 0.162 e. The molecule has 4 heterocycles. The highest BCUT2D eigenvalue weighted by Gasteiger charge is 2.45. The van der Waals surface area contributed by atoms with Gasteiger partial charge >= 0.3 is 0 Å². The highest BCUT2D eigenvalue weighted by molar-refractivity contribution is 7.10. The molecule has 1 aromatic carbocycles. The number of Topliss-reactive ketones (excluding diaryl/α,β-unsaturated/α-hetero) is 1. The van der Waals surface area contributed by atoms with Crippen molar-refractivity contribution in [1.29, 1.82) is 5.26 Å². The molecule has 7 heteroatoms. The first-order valence-electron chi connectivity index (χ1n) is 10.4. The fourth-order valence-corrected chi connectivity index (χ4v) is 5.82. The van der Waals surface area contributed by atoms with Gasteiger partial charge in [-0.05, 0) is 42.1 Å². The summed E-state index contributed by atoms with van der Waals surface area (Å²) in [6.07, 6.45) is 2.60. The number of amidine groups is 1. The van der Waals surface area contributed by atoms with Gasteiger partial charge in [-0.3, -0.25) is 9.69 Å². The van der Waals surface area contributed by atoms with Crippen molar-refractivity contribution in [3.05, 3.63) is 99.0 Å². The van der Waals surface area contributed by atoms with Crippen LogP contribution in [0.15, 0.2) is 92.2 Å². The van der Waals surface area contributed by atoms with E-state index in [1.54, 1.807) is 17.6 Å². The van der Waals surface area contributed by atoms with E-state index in [1.165, 1.54) is 0 Å². The van der Waals surface area contributed by atoms with Crippen molar-refractivity contribution in [2.45, 2.75) is 24.7 Å². The zero-order valence-corrected chi connectivity index (χ0v) is 17.8. The van der Waals surface area contributed by atoms with Gasteiger partial charge in [0.25, 0.3) is 0 Å². The summed E-state index contributed by atoms with van der Waals surface area (Å²) >= 11 is 1.54. The number of hydrogen-bond acceptors (Lipinski definition) is 7. The van der Waals surface area contributed by atoms with E-state index in [1.807, 2.05) is 58.8 Å². The van der Waals surface area contributed by atoms with E-state index in [4.69, 9.17) is 10.2 Å². The van der Waals surface area contributed by atoms with Crippen LogP contribution in [-0.4, -0.2) is 11.6 Å². The molecule has 0 spiro atoms. The van der Waals surface area contributed by atoms with E-state index in [9.17, 15) is 10.1 Å². The Bertz CT molecular complexity index is 1370. The molecule has 0 radical (unpaired) electrons. The second-order valence-corrected chi connectivity index (χ2v) is 9.03. The number of carbonyl (C=O) groups excluding carboxylic acids is 1. The van der Waals surface area contributed by atoms with Crippen molar-refractivity contribution in [2.75, 3.05) is 4.90 Å². The highest BCUT2D eigenvalue weighted by Crippen LogP contribution is 2.52. The number of thiophene rings is 1. The lowest BCUT2D eigenvalue weighted by atomic mass is 9.74. The number of nitrogens with two attached hydrogens (primary N) is 1. The van der Waals surface area contributed by atoms with Crippen LogP contribution < -0.4 is 10.6 Å². The minimum atomic E-state index is -0.437. The fourth-order valence-electron chi connectivity index (χ4n) is 4.98. The first-order chi connectivity index (χ1) is 15.7. The van der Waals surface area contributed by atoms with Crippen LogP contribution >= 0.6 is 11.3 Å². The molecule has 3 aliphatic rings. The van der Waals surface area contributed by atoms with E-state index in [0.29, 0.717) is 35.6 Å². The van der Waals surface area contributed by atoms with Gasteiger partial charge in [0.1, 0.15) is 11.6 Å². The summed E-state index contributed by atoms with van der Waals surface area (Å²) in [5, 5.41) is 12.2. The quantitative estimate of drug-likeness (QED) is 0.620. The second kappa shape index (κ2) is 7.08. The third kappa shape index (κ3) is 2.63. The van der Waals surface area contributed by atoms with E-state index in [2.05, 4.69) is 11.1 Å². The van der Waals surface area contributed by atoms with Crippen molar-refractivity contribution in [3.8, 4) is 6.07 Å². The SMILES string of the molecule is N#CC1=C2N=C(N)c3ccccc3N2C2=C(C(=O)CC(c3ccco3)C2)C1c1cccs1. The second-order valence-electron chi connectivity index (χ2n) is 8.05. The number of benzene rings is 1. The predicted octanol–water partition coefficient (Wildman–Crippen LogP) is 4.80. The van der Waals surface area contributed by atoms with Gasteiger partial charge in [0.15, 0.2) is 11.6 Å². The van der Waals surface area contributed by atoms with E-state index in [-0.39, 0.29) is 11.7 Å². The van der Waals surface area contributed by atoms with E-state index < -0.39 is 5.92 Å². The van der Waals surface area contributed by atoms with Gasteiger partial charge in [-0.2, -0.15) is 5.26 Å². The fraction of sp³-hybridized carbons (Fsp3) is 0.160. The maximum atomic E-state index is 13.6. The number of nitrogens with zero attached hydrogens (tertiary/aromatic N) is 3. The van der Waals surface area contributed by atoms with Crippen LogP contribution in [0.25, 0.3) is 0 Å². The maximum absolute atomic E-state index is 13.6. The number of fused-ring (bicyclic) bond motifs is 4. The standard InChI is InChI=1S/C25H18N4O2S/c26-13-16-22(21-8-4-10-32-21)23-18(11-14(12-19(23)30)20-7-3-9-31-20)29-17-6-2-1-5-15(17)24(27)28-25(16)29/h1-10,14,22H,11-12H2,(H2,27,28). The van der Waals surface area contributed by atoms with Crippen molar-refractivity contribution < 1.29 is 9.21 Å². The van der Waals surface area contributed by atoms with Gasteiger partial charge < -0.3 is 10.2 Å². The van der Waals surface area contributed by atoms with Crippen molar-refractivity contribution >= 4 is 28.6 Å². The Morgan fingerprint density at radius 2 is 2.03 bits per heavy atom. The van der Waals surface area contributed by atoms with Crippen LogP contribution in [0.2, 0.25) is 0 Å². The molecule has 3 aromatic rings. The molecular weight excluding hydrogens is 420 g/mol. The number of carbonyl (C=O) groups is 1. The molecule has 2 unspecified atom stereocenters. The van der Waals surface area contributed by atoms with E-state index >= 15 is 0 Å². The monoisotopic (exact) mass is 438 g/mol. The van der Waals surface area contributed by atoms with Crippen LogP contribution in [-0.2, 0) is 4.79 Å². The number of hydrogen-bond donors (Lipinski definition) is 1. The minimum Gasteiger partial charge on any atom is -0.469 e. The number of para-hydroxylation sites is 1. The summed E-state index contributed by atoms with van der Waals surface area (Å²) in [5.41, 5.74) is 9.96. The molecular formula is C25H18N4O2S. The Labute approximate surface area is 188 Å². The third-order valence-corrected chi connectivity index (χ3v) is 7.26. The van der Waals surface area contributed by atoms with Gasteiger partial charge in [0, 0.05) is 34.0 Å². The predicted molar refractivity (Wildman–Crippen MR) is 122 cm³/mol. The van der Waals surface area contributed by atoms with E-state index in [0.717, 1.165) is 27.6 Å². The lowest BCUT2D eigenvalue weighted by Gasteiger charge is -2.42. The van der Waals surface area contributed by atoms with Crippen LogP contribution in [0.5, 0.6) is 0 Å². The van der Waals surface area contributed by atoms with Crippen molar-refractivity contribution in [1.82, 2.24) is 0 Å². The van der Waals surface area contributed by atoms with Gasteiger partial charge in [0.05, 0.1) is 29.5 Å².